The van der Waals surface area contributed by atoms with Crippen molar-refractivity contribution in [2.45, 2.75) is 72.0 Å². The standard InChI is InChI=1S/C20H21ClN4O2S2.C19H19ClN2O2S2.CH3NO.H3N/c1-14-11-15(5-7-17(14)21)29(26,27)16-6-8-18(25-13-22-23-20(25)28)19(12-16)24-9-3-2-4-10-24;1-14-11-15(5-7-17(14)20)26(23,24)16-6-8-18(21-13-25)19(12-16)22-9-3-2-4-10-22;2-1-3;/h5-8,11-13H,2-4,9-10H2,1H3,(H,23,28);5-8,11-12H,2-4,9-10H2,1H3;1H,(H2,2,3);1H3. The van der Waals surface area contributed by atoms with Gasteiger partial charge in [0.15, 0.2) is 4.77 Å². The molecule has 3 heterocycles. The minimum atomic E-state index is -3.68. The number of anilines is 2. The third-order valence-electron chi connectivity index (χ3n) is 9.77. The number of carbonyl (C=O) groups is 1. The Morgan fingerprint density at radius 3 is 1.58 bits per heavy atom. The number of aliphatic imine (C=N–C) groups is 1. The molecule has 2 aliphatic heterocycles. The predicted octanol–water partition coefficient (Wildman–Crippen LogP) is 9.18. The number of nitrogens with two attached hydrogens (primary N) is 1. The number of benzene rings is 4. The number of thiocarbonyl (C=S) groups is 1. The SMILES string of the molecule is Cc1cc(S(=O)(=O)c2ccc(-n3cn[nH]c3=S)c(N3CCCCC3)c2)ccc1Cl.Cc1cc(S(=O)(=O)c2ccc(N=C=S)c(N3CCCCC3)c2)ccc1Cl.N.NC=O. The Bertz CT molecular complexity index is 2600. The molecule has 6 N–H and O–H groups in total. The summed E-state index contributed by atoms with van der Waals surface area (Å²) in [6.07, 6.45) is 8.53. The van der Waals surface area contributed by atoms with Crippen LogP contribution in [0, 0.1) is 18.6 Å². The molecule has 0 radical (unpaired) electrons. The molecule has 0 bridgehead atoms. The fourth-order valence-electron chi connectivity index (χ4n) is 6.72. The summed E-state index contributed by atoms with van der Waals surface area (Å²) in [6.45, 7) is 7.10. The summed E-state index contributed by atoms with van der Waals surface area (Å²) in [6, 6.07) is 19.6. The molecule has 0 atom stereocenters. The Balaban J connectivity index is 0.000000242. The quantitative estimate of drug-likeness (QED) is 0.0762. The van der Waals surface area contributed by atoms with E-state index < -0.39 is 19.7 Å². The normalized spacial score (nSPS) is 14.0. The molecule has 1 amide bonds. The Morgan fingerprint density at radius 1 is 0.712 bits per heavy atom. The Kier molecular flexibility index (Phi) is 17.0. The number of primary amides is 1. The monoisotopic (exact) mass is 916 g/mol. The number of hydrogen-bond acceptors (Lipinski definition) is 12. The number of aryl methyl sites for hydroxylation is 2. The number of sulfone groups is 2. The Labute approximate surface area is 365 Å². The number of isothiocyanates is 1. The molecular formula is C40H46Cl2N8O5S4. The highest BCUT2D eigenvalue weighted by Gasteiger charge is 2.25. The van der Waals surface area contributed by atoms with E-state index >= 15 is 0 Å². The van der Waals surface area contributed by atoms with Crippen LogP contribution in [0.3, 0.4) is 0 Å². The average Bonchev–Trinajstić information content (AvgIpc) is 3.66. The number of hydrogen-bond donors (Lipinski definition) is 3. The van der Waals surface area contributed by atoms with Gasteiger partial charge in [0.25, 0.3) is 0 Å². The van der Waals surface area contributed by atoms with Crippen molar-refractivity contribution >= 4 is 95.9 Å². The zero-order valence-electron chi connectivity index (χ0n) is 32.6. The van der Waals surface area contributed by atoms with E-state index in [2.05, 4.69) is 35.9 Å². The van der Waals surface area contributed by atoms with Gasteiger partial charge in [-0.05, 0) is 161 Å². The van der Waals surface area contributed by atoms with Gasteiger partial charge in [-0.1, -0.05) is 23.2 Å². The molecule has 0 saturated carbocycles. The minimum Gasteiger partial charge on any atom is -0.372 e. The maximum absolute atomic E-state index is 13.3. The lowest BCUT2D eigenvalue weighted by Crippen LogP contribution is -2.30. The maximum atomic E-state index is 13.3. The summed E-state index contributed by atoms with van der Waals surface area (Å²) in [5.41, 5.74) is 8.71. The number of rotatable bonds is 8. The third kappa shape index (κ3) is 11.2. The van der Waals surface area contributed by atoms with Gasteiger partial charge in [0.05, 0.1) is 47.5 Å². The highest BCUT2D eigenvalue weighted by Crippen LogP contribution is 2.36. The van der Waals surface area contributed by atoms with Crippen LogP contribution >= 0.6 is 47.6 Å². The number of aromatic nitrogens is 3. The van der Waals surface area contributed by atoms with Gasteiger partial charge in [0, 0.05) is 36.2 Å². The number of carbonyl (C=O) groups excluding carboxylic acids is 1. The van der Waals surface area contributed by atoms with Crippen molar-refractivity contribution in [2.75, 3.05) is 36.0 Å². The molecule has 314 valence electrons. The lowest BCUT2D eigenvalue weighted by atomic mass is 10.1. The van der Waals surface area contributed by atoms with E-state index in [9.17, 15) is 16.8 Å². The number of nitrogens with zero attached hydrogens (tertiary/aromatic N) is 5. The summed E-state index contributed by atoms with van der Waals surface area (Å²) in [5, 5.41) is 10.2. The molecule has 0 unspecified atom stereocenters. The first-order chi connectivity index (χ1) is 27.7. The topological polar surface area (TPSA) is 199 Å². The molecule has 0 spiro atoms. The van der Waals surface area contributed by atoms with Crippen LogP contribution in [-0.4, -0.2) is 69.4 Å². The van der Waals surface area contributed by atoms with Crippen molar-refractivity contribution in [3.05, 3.63) is 105 Å². The molecule has 5 aromatic rings. The van der Waals surface area contributed by atoms with Crippen LogP contribution in [0.25, 0.3) is 5.69 Å². The van der Waals surface area contributed by atoms with Crippen LogP contribution in [0.4, 0.5) is 17.1 Å². The van der Waals surface area contributed by atoms with E-state index in [1.807, 2.05) is 0 Å². The molecule has 19 heteroatoms. The molecule has 0 aliphatic carbocycles. The van der Waals surface area contributed by atoms with Crippen molar-refractivity contribution in [1.29, 1.82) is 0 Å². The fraction of sp³-hybridized carbons (Fsp3) is 0.300. The zero-order chi connectivity index (χ0) is 42.0. The molecule has 2 saturated heterocycles. The van der Waals surface area contributed by atoms with Gasteiger partial charge in [-0.15, -0.1) is 0 Å². The fourth-order valence-corrected chi connectivity index (χ4v) is 9.99. The van der Waals surface area contributed by atoms with E-state index in [-0.39, 0.29) is 32.1 Å². The largest absolute Gasteiger partial charge is 0.372 e. The zero-order valence-corrected chi connectivity index (χ0v) is 37.4. The smallest absolute Gasteiger partial charge is 0.206 e. The highest BCUT2D eigenvalue weighted by atomic mass is 35.5. The summed E-state index contributed by atoms with van der Waals surface area (Å²) in [7, 11) is -7.32. The number of H-pyrrole nitrogens is 1. The number of aromatic amines is 1. The van der Waals surface area contributed by atoms with Gasteiger partial charge in [-0.2, -0.15) is 10.1 Å². The van der Waals surface area contributed by atoms with Crippen molar-refractivity contribution in [3.8, 4) is 5.69 Å². The molecule has 4 aromatic carbocycles. The first-order valence-corrected chi connectivity index (χ1v) is 22.9. The predicted molar refractivity (Wildman–Crippen MR) is 241 cm³/mol. The number of halogens is 2. The minimum absolute atomic E-state index is 0. The Hall–Kier alpha value is -4.45. The Morgan fingerprint density at radius 2 is 1.14 bits per heavy atom. The van der Waals surface area contributed by atoms with E-state index in [1.165, 1.54) is 18.9 Å². The second-order valence-electron chi connectivity index (χ2n) is 13.6. The van der Waals surface area contributed by atoms with E-state index in [0.29, 0.717) is 20.5 Å². The van der Waals surface area contributed by atoms with E-state index in [0.717, 1.165) is 80.1 Å². The van der Waals surface area contributed by atoms with Crippen molar-refractivity contribution in [2.24, 2.45) is 10.7 Å². The van der Waals surface area contributed by atoms with Crippen molar-refractivity contribution < 1.29 is 21.6 Å². The highest BCUT2D eigenvalue weighted by molar-refractivity contribution is 7.91. The lowest BCUT2D eigenvalue weighted by Gasteiger charge is -2.31. The first kappa shape index (κ1) is 47.2. The van der Waals surface area contributed by atoms with Crippen LogP contribution in [0.15, 0.2) is 104 Å². The number of amides is 1. The number of piperidine rings is 2. The van der Waals surface area contributed by atoms with Crippen LogP contribution in [0.2, 0.25) is 10.0 Å². The van der Waals surface area contributed by atoms with Crippen LogP contribution in [-0.2, 0) is 24.5 Å². The van der Waals surface area contributed by atoms with Crippen LogP contribution < -0.4 is 21.7 Å². The summed E-state index contributed by atoms with van der Waals surface area (Å²) < 4.78 is 55.0. The van der Waals surface area contributed by atoms with Gasteiger partial charge >= 0.3 is 0 Å². The van der Waals surface area contributed by atoms with E-state index in [1.54, 1.807) is 91.5 Å². The number of nitrogens with one attached hydrogen (secondary N) is 1. The summed E-state index contributed by atoms with van der Waals surface area (Å²) in [4.78, 5) is 18.0. The van der Waals surface area contributed by atoms with Gasteiger partial charge in [-0.25, -0.2) is 16.8 Å². The van der Waals surface area contributed by atoms with Crippen LogP contribution in [0.1, 0.15) is 49.7 Å². The third-order valence-corrected chi connectivity index (χ3v) is 14.5. The first-order valence-electron chi connectivity index (χ1n) is 18.4. The lowest BCUT2D eigenvalue weighted by molar-refractivity contribution is -0.106. The summed E-state index contributed by atoms with van der Waals surface area (Å²) >= 11 is 22.2. The molecule has 1 aromatic heterocycles. The van der Waals surface area contributed by atoms with Crippen molar-refractivity contribution in [1.82, 2.24) is 20.9 Å². The maximum Gasteiger partial charge on any atom is 0.206 e. The molecule has 59 heavy (non-hydrogen) atoms. The second-order valence-corrected chi connectivity index (χ2v) is 18.9. The summed E-state index contributed by atoms with van der Waals surface area (Å²) in [5.74, 6) is 0. The molecule has 7 rings (SSSR count). The average molecular weight is 918 g/mol. The van der Waals surface area contributed by atoms with Gasteiger partial charge in [0.1, 0.15) is 6.33 Å². The van der Waals surface area contributed by atoms with E-state index in [4.69, 9.17) is 52.4 Å². The van der Waals surface area contributed by atoms with Gasteiger partial charge in [0.2, 0.25) is 26.1 Å². The molecular weight excluding hydrogens is 872 g/mol. The van der Waals surface area contributed by atoms with Crippen molar-refractivity contribution in [3.63, 3.8) is 0 Å². The molecule has 13 nitrogen and oxygen atoms in total. The van der Waals surface area contributed by atoms with Crippen LogP contribution in [0.5, 0.6) is 0 Å². The molecule has 2 fully saturated rings. The van der Waals surface area contributed by atoms with Gasteiger partial charge < -0.3 is 21.7 Å². The van der Waals surface area contributed by atoms with Gasteiger partial charge in [-0.3, -0.25) is 14.5 Å². The second kappa shape index (κ2) is 21.2. The molecule has 2 aliphatic rings.